The third kappa shape index (κ3) is 2.31. The number of carbonyl (C=O) groups excluding carboxylic acids is 1. The van der Waals surface area contributed by atoms with Crippen LogP contribution >= 0.6 is 11.3 Å². The second-order valence-electron chi connectivity index (χ2n) is 5.19. The first-order chi connectivity index (χ1) is 11.1. The second-order valence-corrected chi connectivity index (χ2v) is 6.24. The molecule has 0 saturated carbocycles. The van der Waals surface area contributed by atoms with Gasteiger partial charge in [0, 0.05) is 21.8 Å². The van der Waals surface area contributed by atoms with Crippen LogP contribution in [0.2, 0.25) is 0 Å². The minimum absolute atomic E-state index is 0.182. The van der Waals surface area contributed by atoms with Crippen LogP contribution in [0.15, 0.2) is 36.4 Å². The van der Waals surface area contributed by atoms with E-state index in [4.69, 9.17) is 9.47 Å². The molecule has 1 aliphatic rings. The first-order valence-electron chi connectivity index (χ1n) is 7.02. The molecule has 0 atom stereocenters. The number of amides is 1. The summed E-state index contributed by atoms with van der Waals surface area (Å²) in [5.74, 6) is 0.686. The van der Waals surface area contributed by atoms with Gasteiger partial charge in [-0.1, -0.05) is 6.07 Å². The van der Waals surface area contributed by atoms with Crippen molar-refractivity contribution in [1.29, 1.82) is 0 Å². The molecule has 0 bridgehead atoms. The van der Waals surface area contributed by atoms with Crippen LogP contribution in [0.1, 0.15) is 15.2 Å². The van der Waals surface area contributed by atoms with Crippen LogP contribution in [0.25, 0.3) is 10.1 Å². The fraction of sp³-hybridized carbons (Fsp3) is 0.118. The van der Waals surface area contributed by atoms with Gasteiger partial charge in [-0.2, -0.15) is 0 Å². The molecule has 116 valence electrons. The SMILES string of the molecule is Cc1c(C(=O)Nc2ccc3c(c2)OCO3)sc2cccc(F)c12. The van der Waals surface area contributed by atoms with Crippen LogP contribution in [-0.4, -0.2) is 12.7 Å². The van der Waals surface area contributed by atoms with Crippen LogP contribution in [0.5, 0.6) is 11.5 Å². The third-order valence-electron chi connectivity index (χ3n) is 3.74. The van der Waals surface area contributed by atoms with Crippen molar-refractivity contribution in [1.82, 2.24) is 0 Å². The van der Waals surface area contributed by atoms with Gasteiger partial charge in [-0.25, -0.2) is 4.39 Å². The molecule has 0 fully saturated rings. The number of aryl methyl sites for hydroxylation is 1. The Morgan fingerprint density at radius 3 is 2.87 bits per heavy atom. The molecule has 1 aromatic heterocycles. The van der Waals surface area contributed by atoms with Crippen molar-refractivity contribution in [3.63, 3.8) is 0 Å². The van der Waals surface area contributed by atoms with E-state index < -0.39 is 0 Å². The van der Waals surface area contributed by atoms with E-state index in [0.29, 0.717) is 33.0 Å². The molecule has 23 heavy (non-hydrogen) atoms. The highest BCUT2D eigenvalue weighted by atomic mass is 32.1. The van der Waals surface area contributed by atoms with Crippen LogP contribution < -0.4 is 14.8 Å². The van der Waals surface area contributed by atoms with E-state index >= 15 is 0 Å². The molecule has 4 rings (SSSR count). The lowest BCUT2D eigenvalue weighted by atomic mass is 10.1. The maximum absolute atomic E-state index is 13.9. The third-order valence-corrected chi connectivity index (χ3v) is 5.00. The first-order valence-corrected chi connectivity index (χ1v) is 7.84. The van der Waals surface area contributed by atoms with E-state index in [1.165, 1.54) is 17.4 Å². The monoisotopic (exact) mass is 329 g/mol. The summed E-state index contributed by atoms with van der Waals surface area (Å²) in [6, 6.07) is 10.1. The van der Waals surface area contributed by atoms with E-state index in [1.54, 1.807) is 31.2 Å². The molecule has 2 aromatic carbocycles. The molecule has 0 spiro atoms. The van der Waals surface area contributed by atoms with E-state index in [-0.39, 0.29) is 18.5 Å². The lowest BCUT2D eigenvalue weighted by Crippen LogP contribution is -2.11. The number of carbonyl (C=O) groups is 1. The summed E-state index contributed by atoms with van der Waals surface area (Å²) >= 11 is 1.28. The summed E-state index contributed by atoms with van der Waals surface area (Å²) in [4.78, 5) is 13.0. The van der Waals surface area contributed by atoms with Gasteiger partial charge >= 0.3 is 0 Å². The standard InChI is InChI=1S/C17H12FNO3S/c1-9-15-11(18)3-2-4-14(15)23-16(9)17(20)19-10-5-6-12-13(7-10)22-8-21-12/h2-7H,8H2,1H3,(H,19,20). The number of thiophene rings is 1. The number of hydrogen-bond donors (Lipinski definition) is 1. The Hall–Kier alpha value is -2.60. The molecular weight excluding hydrogens is 317 g/mol. The highest BCUT2D eigenvalue weighted by molar-refractivity contribution is 7.21. The maximum atomic E-state index is 13.9. The van der Waals surface area contributed by atoms with Gasteiger partial charge < -0.3 is 14.8 Å². The van der Waals surface area contributed by atoms with Crippen molar-refractivity contribution in [2.45, 2.75) is 6.92 Å². The van der Waals surface area contributed by atoms with Gasteiger partial charge in [0.1, 0.15) is 5.82 Å². The quantitative estimate of drug-likeness (QED) is 0.761. The average Bonchev–Trinajstić information content (AvgIpc) is 3.12. The minimum Gasteiger partial charge on any atom is -0.454 e. The number of halogens is 1. The zero-order valence-electron chi connectivity index (χ0n) is 12.2. The molecule has 6 heteroatoms. The summed E-state index contributed by atoms with van der Waals surface area (Å²) < 4.78 is 25.2. The molecule has 2 heterocycles. The molecule has 3 aromatic rings. The molecular formula is C17H12FNO3S. The van der Waals surface area contributed by atoms with E-state index in [1.807, 2.05) is 6.07 Å². The highest BCUT2D eigenvalue weighted by Gasteiger charge is 2.19. The number of hydrogen-bond acceptors (Lipinski definition) is 4. The number of benzene rings is 2. The molecule has 1 amide bonds. The van der Waals surface area contributed by atoms with Gasteiger partial charge in [-0.3, -0.25) is 4.79 Å². The summed E-state index contributed by atoms with van der Waals surface area (Å²) in [5.41, 5.74) is 1.26. The van der Waals surface area contributed by atoms with Gasteiger partial charge in [-0.15, -0.1) is 11.3 Å². The summed E-state index contributed by atoms with van der Waals surface area (Å²) in [6.07, 6.45) is 0. The van der Waals surface area contributed by atoms with Gasteiger partial charge in [0.05, 0.1) is 4.88 Å². The van der Waals surface area contributed by atoms with Crippen molar-refractivity contribution >= 4 is 33.0 Å². The molecule has 4 nitrogen and oxygen atoms in total. The van der Waals surface area contributed by atoms with E-state index in [9.17, 15) is 9.18 Å². The topological polar surface area (TPSA) is 47.6 Å². The Balaban J connectivity index is 1.67. The second kappa shape index (κ2) is 5.24. The van der Waals surface area contributed by atoms with Gasteiger partial charge in [0.2, 0.25) is 6.79 Å². The number of nitrogens with one attached hydrogen (secondary N) is 1. The lowest BCUT2D eigenvalue weighted by molar-refractivity contribution is 0.103. The Morgan fingerprint density at radius 1 is 1.22 bits per heavy atom. The Kier molecular flexibility index (Phi) is 3.20. The van der Waals surface area contributed by atoms with Crippen LogP contribution in [0, 0.1) is 12.7 Å². The Labute approximate surface area is 135 Å². The molecule has 0 radical (unpaired) electrons. The average molecular weight is 329 g/mol. The highest BCUT2D eigenvalue weighted by Crippen LogP contribution is 2.36. The van der Waals surface area contributed by atoms with Crippen LogP contribution in [-0.2, 0) is 0 Å². The largest absolute Gasteiger partial charge is 0.454 e. The zero-order valence-corrected chi connectivity index (χ0v) is 13.0. The molecule has 1 N–H and O–H groups in total. The maximum Gasteiger partial charge on any atom is 0.266 e. The van der Waals surface area contributed by atoms with E-state index in [0.717, 1.165) is 4.70 Å². The molecule has 0 aliphatic carbocycles. The fourth-order valence-electron chi connectivity index (χ4n) is 2.63. The Bertz CT molecular complexity index is 935. The number of anilines is 1. The van der Waals surface area contributed by atoms with Crippen LogP contribution in [0.4, 0.5) is 10.1 Å². The smallest absolute Gasteiger partial charge is 0.266 e. The normalized spacial score (nSPS) is 12.6. The summed E-state index contributed by atoms with van der Waals surface area (Å²) in [6.45, 7) is 1.94. The van der Waals surface area contributed by atoms with E-state index in [2.05, 4.69) is 5.32 Å². The van der Waals surface area contributed by atoms with Crippen molar-refractivity contribution in [3.05, 3.63) is 52.7 Å². The number of rotatable bonds is 2. The fourth-order valence-corrected chi connectivity index (χ4v) is 3.75. The lowest BCUT2D eigenvalue weighted by Gasteiger charge is -2.05. The van der Waals surface area contributed by atoms with Crippen LogP contribution in [0.3, 0.4) is 0 Å². The van der Waals surface area contributed by atoms with Crippen molar-refractivity contribution < 1.29 is 18.7 Å². The van der Waals surface area contributed by atoms with Gasteiger partial charge in [0.15, 0.2) is 11.5 Å². The Morgan fingerprint density at radius 2 is 2.04 bits per heavy atom. The zero-order chi connectivity index (χ0) is 16.0. The molecule has 0 saturated heterocycles. The minimum atomic E-state index is -0.307. The van der Waals surface area contributed by atoms with Crippen molar-refractivity contribution in [2.75, 3.05) is 12.1 Å². The first kappa shape index (κ1) is 14.0. The van der Waals surface area contributed by atoms with Crippen molar-refractivity contribution in [2.24, 2.45) is 0 Å². The van der Waals surface area contributed by atoms with Gasteiger partial charge in [0.25, 0.3) is 5.91 Å². The molecule has 0 unspecified atom stereocenters. The van der Waals surface area contributed by atoms with Crippen molar-refractivity contribution in [3.8, 4) is 11.5 Å². The summed E-state index contributed by atoms with van der Waals surface area (Å²) in [5, 5.41) is 3.33. The van der Waals surface area contributed by atoms with Gasteiger partial charge in [-0.05, 0) is 36.8 Å². The predicted molar refractivity (Wildman–Crippen MR) is 87.0 cm³/mol. The summed E-state index contributed by atoms with van der Waals surface area (Å²) in [7, 11) is 0. The molecule has 1 aliphatic heterocycles. The predicted octanol–water partition coefficient (Wildman–Crippen LogP) is 4.33. The number of ether oxygens (including phenoxy) is 2. The number of fused-ring (bicyclic) bond motifs is 2.